The normalized spacial score (nSPS) is 10.2. The van der Waals surface area contributed by atoms with Crippen LogP contribution in [-0.2, 0) is 0 Å². The van der Waals surface area contributed by atoms with Crippen LogP contribution in [0.25, 0.3) is 0 Å². The van der Waals surface area contributed by atoms with E-state index in [4.69, 9.17) is 0 Å². The Bertz CT molecular complexity index is 211. The molecule has 0 bridgehead atoms. The highest BCUT2D eigenvalue weighted by Gasteiger charge is 1.92. The van der Waals surface area contributed by atoms with E-state index in [1.54, 1.807) is 0 Å². The molecule has 0 unspecified atom stereocenters. The number of alkyl halides is 1. The van der Waals surface area contributed by atoms with Crippen LogP contribution in [-0.4, -0.2) is 11.1 Å². The van der Waals surface area contributed by atoms with E-state index < -0.39 is 0 Å². The molecule has 1 aromatic carbocycles. The van der Waals surface area contributed by atoms with Gasteiger partial charge in [0.2, 0.25) is 0 Å². The fourth-order valence-electron chi connectivity index (χ4n) is 1.08. The molecule has 0 spiro atoms. The van der Waals surface area contributed by atoms with Gasteiger partial charge in [0, 0.05) is 10.2 Å². The molecular weight excluding hydrogens is 244 g/mol. The third-order valence-electron chi connectivity index (χ3n) is 1.79. The second-order valence-corrected chi connectivity index (χ2v) is 4.87. The number of unbranched alkanes of at least 4 members (excludes halogenated alkanes) is 2. The highest BCUT2D eigenvalue weighted by Crippen LogP contribution is 2.18. The minimum atomic E-state index is 1.14. The average molecular weight is 259 g/mol. The zero-order valence-electron chi connectivity index (χ0n) is 7.71. The Kier molecular flexibility index (Phi) is 6.38. The summed E-state index contributed by atoms with van der Waals surface area (Å²) in [7, 11) is 0. The van der Waals surface area contributed by atoms with Gasteiger partial charge in [-0.25, -0.2) is 0 Å². The lowest BCUT2D eigenvalue weighted by atomic mass is 10.3. The van der Waals surface area contributed by atoms with Crippen LogP contribution < -0.4 is 0 Å². The molecule has 0 heterocycles. The Morgan fingerprint density at radius 3 is 2.46 bits per heavy atom. The Labute approximate surface area is 93.2 Å². The second kappa shape index (κ2) is 7.45. The van der Waals surface area contributed by atoms with E-state index in [0.29, 0.717) is 0 Å². The van der Waals surface area contributed by atoms with Crippen LogP contribution in [0.4, 0.5) is 0 Å². The third-order valence-corrected chi connectivity index (χ3v) is 3.45. The SMILES string of the molecule is BrCCCCCSc1ccccc1. The average Bonchev–Trinajstić information content (AvgIpc) is 2.19. The van der Waals surface area contributed by atoms with Gasteiger partial charge in [-0.05, 0) is 30.7 Å². The van der Waals surface area contributed by atoms with Gasteiger partial charge in [0.1, 0.15) is 0 Å². The molecule has 0 fully saturated rings. The minimum Gasteiger partial charge on any atom is -0.126 e. The van der Waals surface area contributed by atoms with Crippen LogP contribution in [0, 0.1) is 0 Å². The lowest BCUT2D eigenvalue weighted by molar-refractivity contribution is 0.788. The summed E-state index contributed by atoms with van der Waals surface area (Å²) in [6.07, 6.45) is 3.96. The van der Waals surface area contributed by atoms with Gasteiger partial charge in [-0.15, -0.1) is 11.8 Å². The van der Waals surface area contributed by atoms with Crippen molar-refractivity contribution in [3.05, 3.63) is 30.3 Å². The largest absolute Gasteiger partial charge is 0.126 e. The van der Waals surface area contributed by atoms with Crippen molar-refractivity contribution in [1.82, 2.24) is 0 Å². The molecule has 13 heavy (non-hydrogen) atoms. The molecule has 1 aromatic rings. The molecule has 2 heteroatoms. The van der Waals surface area contributed by atoms with E-state index in [2.05, 4.69) is 46.3 Å². The molecule has 0 aliphatic heterocycles. The smallest absolute Gasteiger partial charge is 0.00719 e. The number of hydrogen-bond donors (Lipinski definition) is 0. The molecule has 0 saturated heterocycles. The zero-order chi connectivity index (χ0) is 9.36. The van der Waals surface area contributed by atoms with E-state index in [9.17, 15) is 0 Å². The first-order valence-corrected chi connectivity index (χ1v) is 6.78. The molecule has 0 amide bonds. The Morgan fingerprint density at radius 2 is 1.77 bits per heavy atom. The summed E-state index contributed by atoms with van der Waals surface area (Å²) in [4.78, 5) is 1.39. The van der Waals surface area contributed by atoms with Crippen LogP contribution >= 0.6 is 27.7 Å². The summed E-state index contributed by atoms with van der Waals surface area (Å²) < 4.78 is 0. The zero-order valence-corrected chi connectivity index (χ0v) is 10.1. The molecule has 0 saturated carbocycles. The van der Waals surface area contributed by atoms with E-state index in [1.807, 2.05) is 11.8 Å². The van der Waals surface area contributed by atoms with Crippen LogP contribution in [0.5, 0.6) is 0 Å². The topological polar surface area (TPSA) is 0 Å². The van der Waals surface area contributed by atoms with Crippen molar-refractivity contribution in [2.24, 2.45) is 0 Å². The van der Waals surface area contributed by atoms with Gasteiger partial charge in [0.05, 0.1) is 0 Å². The Morgan fingerprint density at radius 1 is 1.00 bits per heavy atom. The van der Waals surface area contributed by atoms with Crippen molar-refractivity contribution in [2.45, 2.75) is 24.2 Å². The summed E-state index contributed by atoms with van der Waals surface area (Å²) in [5, 5.41) is 1.14. The standard InChI is InChI=1S/C11H15BrS/c12-9-5-2-6-10-13-11-7-3-1-4-8-11/h1,3-4,7-8H,2,5-6,9-10H2. The monoisotopic (exact) mass is 258 g/mol. The number of rotatable bonds is 6. The van der Waals surface area contributed by atoms with Crippen LogP contribution in [0.15, 0.2) is 35.2 Å². The highest BCUT2D eigenvalue weighted by atomic mass is 79.9. The number of halogens is 1. The van der Waals surface area contributed by atoms with E-state index in [-0.39, 0.29) is 0 Å². The maximum Gasteiger partial charge on any atom is 0.00719 e. The van der Waals surface area contributed by atoms with Crippen molar-refractivity contribution in [3.63, 3.8) is 0 Å². The molecule has 0 N–H and O–H groups in total. The third kappa shape index (κ3) is 5.37. The molecule has 0 radical (unpaired) electrons. The van der Waals surface area contributed by atoms with Gasteiger partial charge < -0.3 is 0 Å². The maximum atomic E-state index is 3.44. The second-order valence-electron chi connectivity index (χ2n) is 2.91. The highest BCUT2D eigenvalue weighted by molar-refractivity contribution is 9.09. The Balaban J connectivity index is 2.07. The predicted octanol–water partition coefficient (Wildman–Crippen LogP) is 4.34. The molecule has 1 rings (SSSR count). The van der Waals surface area contributed by atoms with Crippen molar-refractivity contribution in [3.8, 4) is 0 Å². The number of thioether (sulfide) groups is 1. The van der Waals surface area contributed by atoms with Gasteiger partial charge in [0.25, 0.3) is 0 Å². The number of benzene rings is 1. The van der Waals surface area contributed by atoms with Crippen LogP contribution in [0.2, 0.25) is 0 Å². The summed E-state index contributed by atoms with van der Waals surface area (Å²) in [6.45, 7) is 0. The first-order valence-electron chi connectivity index (χ1n) is 4.67. The number of hydrogen-bond acceptors (Lipinski definition) is 1. The first kappa shape index (κ1) is 11.1. The molecule has 0 atom stereocenters. The van der Waals surface area contributed by atoms with Crippen LogP contribution in [0.3, 0.4) is 0 Å². The van der Waals surface area contributed by atoms with Crippen molar-refractivity contribution >= 4 is 27.7 Å². The van der Waals surface area contributed by atoms with Crippen molar-refractivity contribution in [2.75, 3.05) is 11.1 Å². The summed E-state index contributed by atoms with van der Waals surface area (Å²) in [6, 6.07) is 10.6. The van der Waals surface area contributed by atoms with Gasteiger partial charge in [-0.2, -0.15) is 0 Å². The molecule has 0 aliphatic rings. The molecular formula is C11H15BrS. The lowest BCUT2D eigenvalue weighted by Crippen LogP contribution is -1.81. The maximum absolute atomic E-state index is 3.44. The predicted molar refractivity (Wildman–Crippen MR) is 64.8 cm³/mol. The van der Waals surface area contributed by atoms with E-state index in [1.165, 1.54) is 29.9 Å². The van der Waals surface area contributed by atoms with E-state index >= 15 is 0 Å². The lowest BCUT2D eigenvalue weighted by Gasteiger charge is -2.00. The van der Waals surface area contributed by atoms with Crippen molar-refractivity contribution in [1.29, 1.82) is 0 Å². The van der Waals surface area contributed by atoms with Gasteiger partial charge in [0.15, 0.2) is 0 Å². The van der Waals surface area contributed by atoms with E-state index in [0.717, 1.165) is 5.33 Å². The molecule has 0 nitrogen and oxygen atoms in total. The van der Waals surface area contributed by atoms with Crippen molar-refractivity contribution < 1.29 is 0 Å². The fourth-order valence-corrected chi connectivity index (χ4v) is 2.41. The quantitative estimate of drug-likeness (QED) is 0.416. The fraction of sp³-hybridized carbons (Fsp3) is 0.455. The van der Waals surface area contributed by atoms with Gasteiger partial charge in [-0.3, -0.25) is 0 Å². The van der Waals surface area contributed by atoms with Gasteiger partial charge >= 0.3 is 0 Å². The summed E-state index contributed by atoms with van der Waals surface area (Å²) in [5.41, 5.74) is 0. The Hall–Kier alpha value is 0.0500. The summed E-state index contributed by atoms with van der Waals surface area (Å²) in [5.74, 6) is 1.25. The van der Waals surface area contributed by atoms with Gasteiger partial charge in [-0.1, -0.05) is 40.5 Å². The molecule has 0 aliphatic carbocycles. The first-order chi connectivity index (χ1) is 6.43. The molecule has 0 aromatic heterocycles. The molecule has 72 valence electrons. The van der Waals surface area contributed by atoms with Crippen LogP contribution in [0.1, 0.15) is 19.3 Å². The summed E-state index contributed by atoms with van der Waals surface area (Å²) >= 11 is 5.40. The minimum absolute atomic E-state index is 1.14.